The van der Waals surface area contributed by atoms with Gasteiger partial charge in [0.2, 0.25) is 5.91 Å². The van der Waals surface area contributed by atoms with Gasteiger partial charge in [-0.25, -0.2) is 8.42 Å². The zero-order valence-corrected chi connectivity index (χ0v) is 17.6. The zero-order valence-electron chi connectivity index (χ0n) is 14.4. The number of halogens is 1. The summed E-state index contributed by atoms with van der Waals surface area (Å²) in [6.45, 7) is 1.86. The molecule has 1 amide bonds. The highest BCUT2D eigenvalue weighted by Crippen LogP contribution is 2.27. The van der Waals surface area contributed by atoms with Gasteiger partial charge < -0.3 is 10.1 Å². The maximum atomic E-state index is 12.6. The van der Waals surface area contributed by atoms with E-state index < -0.39 is 10.0 Å². The quantitative estimate of drug-likeness (QED) is 0.662. The van der Waals surface area contributed by atoms with Gasteiger partial charge >= 0.3 is 0 Å². The molecule has 146 valence electrons. The Morgan fingerprint density at radius 2 is 1.96 bits per heavy atom. The van der Waals surface area contributed by atoms with Crippen LogP contribution in [0.5, 0.6) is 0 Å². The molecule has 1 aromatic heterocycles. The molecule has 10 heteroatoms. The molecule has 0 aliphatic carbocycles. The Balaban J connectivity index is 1.52. The molecule has 1 saturated heterocycles. The molecule has 1 aromatic carbocycles. The first-order chi connectivity index (χ1) is 13.0. The van der Waals surface area contributed by atoms with Crippen LogP contribution < -0.4 is 5.32 Å². The Morgan fingerprint density at radius 1 is 1.22 bits per heavy atom. The number of benzene rings is 1. The lowest BCUT2D eigenvalue weighted by atomic mass is 10.4. The van der Waals surface area contributed by atoms with Crippen LogP contribution in [0.15, 0.2) is 45.5 Å². The molecule has 1 aliphatic rings. The number of nitrogens with zero attached hydrogens (tertiary/aromatic N) is 1. The molecular formula is C17H19ClN2O4S3. The van der Waals surface area contributed by atoms with Crippen LogP contribution in [0.25, 0.3) is 0 Å². The van der Waals surface area contributed by atoms with Crippen molar-refractivity contribution in [3.8, 4) is 0 Å². The summed E-state index contributed by atoms with van der Waals surface area (Å²) in [5.74, 6) is 0.111. The van der Waals surface area contributed by atoms with E-state index in [9.17, 15) is 13.2 Å². The molecule has 3 rings (SSSR count). The van der Waals surface area contributed by atoms with Crippen molar-refractivity contribution in [1.82, 2.24) is 9.62 Å². The van der Waals surface area contributed by atoms with Gasteiger partial charge in [0.25, 0.3) is 10.0 Å². The molecular weight excluding hydrogens is 428 g/mol. The van der Waals surface area contributed by atoms with Crippen molar-refractivity contribution in [2.24, 2.45) is 0 Å². The van der Waals surface area contributed by atoms with Crippen LogP contribution in [0, 0.1) is 0 Å². The van der Waals surface area contributed by atoms with Crippen molar-refractivity contribution in [2.75, 3.05) is 32.1 Å². The first-order valence-electron chi connectivity index (χ1n) is 8.27. The average molecular weight is 447 g/mol. The van der Waals surface area contributed by atoms with Crippen LogP contribution in [-0.2, 0) is 26.1 Å². The smallest absolute Gasteiger partial charge is 0.252 e. The number of carbonyl (C=O) groups is 1. The van der Waals surface area contributed by atoms with Crippen LogP contribution in [0.3, 0.4) is 0 Å². The molecule has 0 unspecified atom stereocenters. The van der Waals surface area contributed by atoms with E-state index >= 15 is 0 Å². The number of nitrogens with one attached hydrogen (secondary N) is 1. The first-order valence-corrected chi connectivity index (χ1v) is 11.9. The lowest BCUT2D eigenvalue weighted by Crippen LogP contribution is -2.40. The third kappa shape index (κ3) is 5.46. The number of ether oxygens (including phenoxy) is 1. The lowest BCUT2D eigenvalue weighted by molar-refractivity contribution is -0.118. The number of sulfonamides is 1. The van der Waals surface area contributed by atoms with Gasteiger partial charge in [-0.05, 0) is 24.3 Å². The first kappa shape index (κ1) is 20.6. The Labute approximate surface area is 171 Å². The van der Waals surface area contributed by atoms with Crippen LogP contribution in [0.2, 0.25) is 5.02 Å². The molecule has 1 N–H and O–H groups in total. The largest absolute Gasteiger partial charge is 0.379 e. The minimum atomic E-state index is -3.49. The second-order valence-electron chi connectivity index (χ2n) is 5.73. The van der Waals surface area contributed by atoms with E-state index in [-0.39, 0.29) is 11.7 Å². The van der Waals surface area contributed by atoms with Crippen molar-refractivity contribution < 1.29 is 17.9 Å². The van der Waals surface area contributed by atoms with Gasteiger partial charge in [0, 0.05) is 22.9 Å². The molecule has 2 heterocycles. The third-order valence-corrected chi connectivity index (χ3v) is 8.82. The minimum absolute atomic E-state index is 0.133. The number of hydrogen-bond donors (Lipinski definition) is 1. The molecule has 1 aliphatic heterocycles. The second-order valence-corrected chi connectivity index (χ2v) is 10.5. The number of thiophene rings is 1. The summed E-state index contributed by atoms with van der Waals surface area (Å²) >= 11 is 8.61. The average Bonchev–Trinajstić information content (AvgIpc) is 3.16. The number of amides is 1. The fraction of sp³-hybridized carbons (Fsp3) is 0.353. The summed E-state index contributed by atoms with van der Waals surface area (Å²) in [7, 11) is -3.49. The van der Waals surface area contributed by atoms with Crippen molar-refractivity contribution in [3.63, 3.8) is 0 Å². The van der Waals surface area contributed by atoms with Gasteiger partial charge in [-0.3, -0.25) is 4.79 Å². The summed E-state index contributed by atoms with van der Waals surface area (Å²) in [6, 6.07) is 10.7. The van der Waals surface area contributed by atoms with Gasteiger partial charge in [-0.15, -0.1) is 23.1 Å². The highest BCUT2D eigenvalue weighted by atomic mass is 35.5. The Kier molecular flexibility index (Phi) is 7.18. The normalized spacial score (nSPS) is 15.6. The van der Waals surface area contributed by atoms with E-state index in [4.69, 9.17) is 16.3 Å². The molecule has 2 aromatic rings. The minimum Gasteiger partial charge on any atom is -0.379 e. The fourth-order valence-electron chi connectivity index (χ4n) is 2.45. The van der Waals surface area contributed by atoms with E-state index in [1.54, 1.807) is 18.2 Å². The van der Waals surface area contributed by atoms with Crippen LogP contribution in [0.4, 0.5) is 0 Å². The highest BCUT2D eigenvalue weighted by molar-refractivity contribution is 8.00. The summed E-state index contributed by atoms with van der Waals surface area (Å²) in [5, 5.41) is 3.43. The SMILES string of the molecule is O=C(CSc1ccccc1Cl)NCc1ccc(S(=O)(=O)N2CCOCC2)s1. The van der Waals surface area contributed by atoms with Gasteiger partial charge in [0.05, 0.1) is 30.5 Å². The Morgan fingerprint density at radius 3 is 2.70 bits per heavy atom. The summed E-state index contributed by atoms with van der Waals surface area (Å²) in [6.07, 6.45) is 0. The molecule has 0 bridgehead atoms. The maximum absolute atomic E-state index is 12.6. The van der Waals surface area contributed by atoms with Crippen LogP contribution in [-0.4, -0.2) is 50.7 Å². The lowest BCUT2D eigenvalue weighted by Gasteiger charge is -2.25. The van der Waals surface area contributed by atoms with Crippen LogP contribution >= 0.6 is 34.7 Å². The molecule has 1 fully saturated rings. The maximum Gasteiger partial charge on any atom is 0.252 e. The van der Waals surface area contributed by atoms with Gasteiger partial charge in [-0.1, -0.05) is 23.7 Å². The summed E-state index contributed by atoms with van der Waals surface area (Å²) < 4.78 is 32.1. The Bertz CT molecular complexity index is 895. The number of morpholine rings is 1. The number of thioether (sulfide) groups is 1. The molecule has 0 spiro atoms. The standard InChI is InChI=1S/C17H19ClN2O4S3/c18-14-3-1-2-4-15(14)25-12-16(21)19-11-13-5-6-17(26-13)27(22,23)20-7-9-24-10-8-20/h1-6H,7-12H2,(H,19,21). The van der Waals surface area contributed by atoms with Crippen LogP contribution in [0.1, 0.15) is 4.88 Å². The summed E-state index contributed by atoms with van der Waals surface area (Å²) in [5.41, 5.74) is 0. The summed E-state index contributed by atoms with van der Waals surface area (Å²) in [4.78, 5) is 13.7. The van der Waals surface area contributed by atoms with Gasteiger partial charge in [0.15, 0.2) is 0 Å². The molecule has 0 radical (unpaired) electrons. The van der Waals surface area contributed by atoms with Crippen molar-refractivity contribution >= 4 is 50.6 Å². The van der Waals surface area contributed by atoms with E-state index in [1.807, 2.05) is 18.2 Å². The predicted octanol–water partition coefficient (Wildman–Crippen LogP) is 2.83. The fourth-order valence-corrected chi connectivity index (χ4v) is 6.37. The molecule has 6 nitrogen and oxygen atoms in total. The topological polar surface area (TPSA) is 75.7 Å². The number of rotatable bonds is 7. The Hall–Kier alpha value is -1.10. The number of carbonyl (C=O) groups excluding carboxylic acids is 1. The monoisotopic (exact) mass is 446 g/mol. The predicted molar refractivity (Wildman–Crippen MR) is 108 cm³/mol. The third-order valence-electron chi connectivity index (χ3n) is 3.86. The molecule has 27 heavy (non-hydrogen) atoms. The zero-order chi connectivity index (χ0) is 19.3. The van der Waals surface area contributed by atoms with Crippen molar-refractivity contribution in [3.05, 3.63) is 46.3 Å². The second kappa shape index (κ2) is 9.40. The van der Waals surface area contributed by atoms with E-state index in [1.165, 1.54) is 27.4 Å². The van der Waals surface area contributed by atoms with Crippen molar-refractivity contribution in [1.29, 1.82) is 0 Å². The molecule has 0 saturated carbocycles. The highest BCUT2D eigenvalue weighted by Gasteiger charge is 2.27. The van der Waals surface area contributed by atoms with Gasteiger partial charge in [0.1, 0.15) is 4.21 Å². The molecule has 0 atom stereocenters. The van der Waals surface area contributed by atoms with E-state index in [2.05, 4.69) is 5.32 Å². The van der Waals surface area contributed by atoms with E-state index in [0.717, 1.165) is 9.77 Å². The van der Waals surface area contributed by atoms with Crippen molar-refractivity contribution in [2.45, 2.75) is 15.6 Å². The van der Waals surface area contributed by atoms with Gasteiger partial charge in [-0.2, -0.15) is 4.31 Å². The number of hydrogen-bond acceptors (Lipinski definition) is 6. The van der Waals surface area contributed by atoms with E-state index in [0.29, 0.717) is 42.1 Å².